The molecule has 0 fully saturated rings. The maximum atomic E-state index is 9.38. The second kappa shape index (κ2) is 5.18. The number of hydrogen-bond donors (Lipinski definition) is 2. The molecule has 1 aliphatic rings. The van der Waals surface area contributed by atoms with E-state index in [1.165, 1.54) is 0 Å². The zero-order valence-corrected chi connectivity index (χ0v) is 9.40. The van der Waals surface area contributed by atoms with Gasteiger partial charge in [0.15, 0.2) is 11.5 Å². The summed E-state index contributed by atoms with van der Waals surface area (Å²) in [6.45, 7) is 3.62. The van der Waals surface area contributed by atoms with Crippen LogP contribution in [-0.4, -0.2) is 24.5 Å². The second-order valence-corrected chi connectivity index (χ2v) is 3.88. The van der Waals surface area contributed by atoms with Crippen molar-refractivity contribution >= 4 is 0 Å². The third-order valence-electron chi connectivity index (χ3n) is 2.62. The predicted molar refractivity (Wildman–Crippen MR) is 60.6 cm³/mol. The van der Waals surface area contributed by atoms with Gasteiger partial charge in [-0.1, -0.05) is 13.0 Å². The Morgan fingerprint density at radius 1 is 1.38 bits per heavy atom. The molecule has 1 heterocycles. The molecular formula is C12H17NO3. The lowest BCUT2D eigenvalue weighted by atomic mass is 10.2. The van der Waals surface area contributed by atoms with Gasteiger partial charge in [0.25, 0.3) is 0 Å². The van der Waals surface area contributed by atoms with E-state index >= 15 is 0 Å². The van der Waals surface area contributed by atoms with Gasteiger partial charge in [-0.3, -0.25) is 0 Å². The molecule has 0 amide bonds. The summed E-state index contributed by atoms with van der Waals surface area (Å²) in [6, 6.07) is 5.88. The van der Waals surface area contributed by atoms with Gasteiger partial charge in [-0.25, -0.2) is 0 Å². The van der Waals surface area contributed by atoms with Crippen LogP contribution >= 0.6 is 0 Å². The molecule has 2 rings (SSSR count). The molecule has 0 saturated carbocycles. The quantitative estimate of drug-likeness (QED) is 0.789. The van der Waals surface area contributed by atoms with Gasteiger partial charge in [0.05, 0.1) is 6.10 Å². The highest BCUT2D eigenvalue weighted by Gasteiger charge is 2.12. The fourth-order valence-corrected chi connectivity index (χ4v) is 1.58. The average molecular weight is 223 g/mol. The molecule has 16 heavy (non-hydrogen) atoms. The van der Waals surface area contributed by atoms with Crippen molar-refractivity contribution in [3.63, 3.8) is 0 Å². The van der Waals surface area contributed by atoms with Crippen molar-refractivity contribution in [3.05, 3.63) is 23.8 Å². The zero-order valence-electron chi connectivity index (χ0n) is 9.40. The molecule has 0 saturated heterocycles. The second-order valence-electron chi connectivity index (χ2n) is 3.88. The Morgan fingerprint density at radius 3 is 3.00 bits per heavy atom. The molecule has 88 valence electrons. The summed E-state index contributed by atoms with van der Waals surface area (Å²) in [5, 5.41) is 12.6. The first-order chi connectivity index (χ1) is 7.79. The smallest absolute Gasteiger partial charge is 0.231 e. The van der Waals surface area contributed by atoms with Crippen molar-refractivity contribution in [1.82, 2.24) is 5.32 Å². The molecule has 1 atom stereocenters. The zero-order chi connectivity index (χ0) is 11.4. The normalized spacial score (nSPS) is 15.1. The minimum absolute atomic E-state index is 0.269. The lowest BCUT2D eigenvalue weighted by Gasteiger charge is -2.09. The van der Waals surface area contributed by atoms with Crippen molar-refractivity contribution in [1.29, 1.82) is 0 Å². The maximum absolute atomic E-state index is 9.38. The van der Waals surface area contributed by atoms with E-state index in [1.807, 2.05) is 25.1 Å². The first kappa shape index (κ1) is 11.2. The number of hydrogen-bond acceptors (Lipinski definition) is 4. The van der Waals surface area contributed by atoms with Crippen molar-refractivity contribution < 1.29 is 14.6 Å². The van der Waals surface area contributed by atoms with Crippen molar-refractivity contribution in [2.45, 2.75) is 26.0 Å². The largest absolute Gasteiger partial charge is 0.454 e. The van der Waals surface area contributed by atoms with Gasteiger partial charge >= 0.3 is 0 Å². The highest BCUT2D eigenvalue weighted by atomic mass is 16.7. The Kier molecular flexibility index (Phi) is 3.64. The van der Waals surface area contributed by atoms with Crippen LogP contribution in [0.4, 0.5) is 0 Å². The Balaban J connectivity index is 1.86. The fraction of sp³-hybridized carbons (Fsp3) is 0.500. The molecule has 1 aromatic carbocycles. The molecule has 0 aliphatic carbocycles. The van der Waals surface area contributed by atoms with Crippen LogP contribution in [0.5, 0.6) is 11.5 Å². The molecular weight excluding hydrogens is 206 g/mol. The van der Waals surface area contributed by atoms with E-state index in [9.17, 15) is 5.11 Å². The number of aliphatic hydroxyl groups is 1. The van der Waals surface area contributed by atoms with Gasteiger partial charge in [0.2, 0.25) is 6.79 Å². The van der Waals surface area contributed by atoms with E-state index in [0.29, 0.717) is 13.3 Å². The van der Waals surface area contributed by atoms with Gasteiger partial charge in [0, 0.05) is 13.1 Å². The molecule has 0 radical (unpaired) electrons. The van der Waals surface area contributed by atoms with Gasteiger partial charge in [-0.15, -0.1) is 0 Å². The Labute approximate surface area is 95.2 Å². The molecule has 0 bridgehead atoms. The molecule has 4 nitrogen and oxygen atoms in total. The first-order valence-corrected chi connectivity index (χ1v) is 5.57. The van der Waals surface area contributed by atoms with Crippen LogP contribution in [0.3, 0.4) is 0 Å². The van der Waals surface area contributed by atoms with Gasteiger partial charge in [-0.05, 0) is 24.1 Å². The summed E-state index contributed by atoms with van der Waals surface area (Å²) in [5.41, 5.74) is 1.13. The molecule has 1 aromatic rings. The van der Waals surface area contributed by atoms with Crippen LogP contribution < -0.4 is 14.8 Å². The minimum Gasteiger partial charge on any atom is -0.454 e. The summed E-state index contributed by atoms with van der Waals surface area (Å²) in [4.78, 5) is 0. The topological polar surface area (TPSA) is 50.7 Å². The van der Waals surface area contributed by atoms with E-state index in [0.717, 1.165) is 30.0 Å². The number of aliphatic hydroxyl groups excluding tert-OH is 1. The fourth-order valence-electron chi connectivity index (χ4n) is 1.58. The summed E-state index contributed by atoms with van der Waals surface area (Å²) in [7, 11) is 0. The summed E-state index contributed by atoms with van der Waals surface area (Å²) < 4.78 is 10.5. The number of nitrogens with one attached hydrogen (secondary N) is 1. The number of rotatable bonds is 5. The lowest BCUT2D eigenvalue weighted by Crippen LogP contribution is -2.25. The van der Waals surface area contributed by atoms with Crippen LogP contribution in [0.25, 0.3) is 0 Å². The van der Waals surface area contributed by atoms with Gasteiger partial charge < -0.3 is 19.9 Å². The molecule has 1 unspecified atom stereocenters. The Hall–Kier alpha value is -1.26. The first-order valence-electron chi connectivity index (χ1n) is 5.57. The summed E-state index contributed by atoms with van der Waals surface area (Å²) in [6.07, 6.45) is 0.503. The standard InChI is InChI=1S/C12H17NO3/c1-2-10(14)7-13-6-9-3-4-11-12(5-9)16-8-15-11/h3-5,10,13-14H,2,6-8H2,1H3. The minimum atomic E-state index is -0.269. The van der Waals surface area contributed by atoms with Crippen molar-refractivity contribution in [2.75, 3.05) is 13.3 Å². The maximum Gasteiger partial charge on any atom is 0.231 e. The molecule has 4 heteroatoms. The Morgan fingerprint density at radius 2 is 2.19 bits per heavy atom. The van der Waals surface area contributed by atoms with E-state index in [1.54, 1.807) is 0 Å². The average Bonchev–Trinajstić information content (AvgIpc) is 2.76. The van der Waals surface area contributed by atoms with Crippen LogP contribution in [0.2, 0.25) is 0 Å². The molecule has 1 aliphatic heterocycles. The van der Waals surface area contributed by atoms with E-state index in [2.05, 4.69) is 5.32 Å². The van der Waals surface area contributed by atoms with Crippen LogP contribution in [0.15, 0.2) is 18.2 Å². The summed E-state index contributed by atoms with van der Waals surface area (Å²) >= 11 is 0. The highest BCUT2D eigenvalue weighted by Crippen LogP contribution is 2.32. The lowest BCUT2D eigenvalue weighted by molar-refractivity contribution is 0.167. The van der Waals surface area contributed by atoms with Crippen molar-refractivity contribution in [3.8, 4) is 11.5 Å². The van der Waals surface area contributed by atoms with E-state index in [4.69, 9.17) is 9.47 Å². The van der Waals surface area contributed by atoms with Crippen LogP contribution in [0, 0.1) is 0 Å². The number of fused-ring (bicyclic) bond motifs is 1. The van der Waals surface area contributed by atoms with Crippen molar-refractivity contribution in [2.24, 2.45) is 0 Å². The third-order valence-corrected chi connectivity index (χ3v) is 2.62. The van der Waals surface area contributed by atoms with Gasteiger partial charge in [-0.2, -0.15) is 0 Å². The number of ether oxygens (including phenoxy) is 2. The monoisotopic (exact) mass is 223 g/mol. The third kappa shape index (κ3) is 2.65. The molecule has 0 aromatic heterocycles. The molecule has 2 N–H and O–H groups in total. The SMILES string of the molecule is CCC(O)CNCc1ccc2c(c1)OCO2. The Bertz CT molecular complexity index is 354. The molecule has 0 spiro atoms. The number of benzene rings is 1. The highest BCUT2D eigenvalue weighted by molar-refractivity contribution is 5.44. The van der Waals surface area contributed by atoms with Crippen LogP contribution in [0.1, 0.15) is 18.9 Å². The van der Waals surface area contributed by atoms with E-state index < -0.39 is 0 Å². The summed E-state index contributed by atoms with van der Waals surface area (Å²) in [5.74, 6) is 1.60. The predicted octanol–water partition coefficient (Wildman–Crippen LogP) is 1.28. The van der Waals surface area contributed by atoms with E-state index in [-0.39, 0.29) is 6.10 Å². The van der Waals surface area contributed by atoms with Gasteiger partial charge in [0.1, 0.15) is 0 Å². The van der Waals surface area contributed by atoms with Crippen LogP contribution in [-0.2, 0) is 6.54 Å².